The van der Waals surface area contributed by atoms with Crippen molar-refractivity contribution < 1.29 is 9.53 Å². The molecule has 1 heterocycles. The fourth-order valence-corrected chi connectivity index (χ4v) is 2.59. The molecule has 1 N–H and O–H groups in total. The van der Waals surface area contributed by atoms with Crippen LogP contribution in [-0.2, 0) is 0 Å². The van der Waals surface area contributed by atoms with Gasteiger partial charge in [-0.15, -0.1) is 0 Å². The van der Waals surface area contributed by atoms with Crippen molar-refractivity contribution >= 4 is 6.29 Å². The van der Waals surface area contributed by atoms with Gasteiger partial charge in [-0.2, -0.15) is 0 Å². The summed E-state index contributed by atoms with van der Waals surface area (Å²) in [6, 6.07) is 4.37. The molecule has 18 heavy (non-hydrogen) atoms. The summed E-state index contributed by atoms with van der Waals surface area (Å²) >= 11 is 0. The van der Waals surface area contributed by atoms with Crippen LogP contribution in [0.3, 0.4) is 0 Å². The minimum Gasteiger partial charge on any atom is -0.493 e. The SMILES string of the molecule is Cc1cc(C=O)cc(C)c1OCCC1CCCN1. The molecule has 1 fully saturated rings. The van der Waals surface area contributed by atoms with E-state index in [4.69, 9.17) is 4.74 Å². The summed E-state index contributed by atoms with van der Waals surface area (Å²) < 4.78 is 5.87. The van der Waals surface area contributed by atoms with Crippen molar-refractivity contribution in [2.24, 2.45) is 0 Å². The molecule has 1 saturated heterocycles. The van der Waals surface area contributed by atoms with Gasteiger partial charge in [0.2, 0.25) is 0 Å². The predicted molar refractivity (Wildman–Crippen MR) is 72.4 cm³/mol. The van der Waals surface area contributed by atoms with E-state index in [0.717, 1.165) is 48.3 Å². The lowest BCUT2D eigenvalue weighted by Crippen LogP contribution is -2.23. The third kappa shape index (κ3) is 3.10. The lowest BCUT2D eigenvalue weighted by Gasteiger charge is -2.15. The third-order valence-corrected chi connectivity index (χ3v) is 3.49. The summed E-state index contributed by atoms with van der Waals surface area (Å²) in [6.45, 7) is 5.85. The highest BCUT2D eigenvalue weighted by atomic mass is 16.5. The number of rotatable bonds is 5. The van der Waals surface area contributed by atoms with E-state index < -0.39 is 0 Å². The first-order chi connectivity index (χ1) is 8.70. The molecule has 1 unspecified atom stereocenters. The van der Waals surface area contributed by atoms with Crippen LogP contribution in [0.5, 0.6) is 5.75 Å². The maximum Gasteiger partial charge on any atom is 0.150 e. The molecule has 0 spiro atoms. The number of carbonyl (C=O) groups is 1. The van der Waals surface area contributed by atoms with Gasteiger partial charge in [-0.25, -0.2) is 0 Å². The maximum atomic E-state index is 10.8. The van der Waals surface area contributed by atoms with E-state index in [2.05, 4.69) is 5.32 Å². The zero-order chi connectivity index (χ0) is 13.0. The molecule has 0 radical (unpaired) electrons. The standard InChI is InChI=1S/C15H21NO2/c1-11-8-13(10-17)9-12(2)15(11)18-7-5-14-4-3-6-16-14/h8-10,14,16H,3-7H2,1-2H3. The van der Waals surface area contributed by atoms with Gasteiger partial charge in [0, 0.05) is 11.6 Å². The molecule has 1 aromatic rings. The Bertz CT molecular complexity index is 399. The van der Waals surface area contributed by atoms with Crippen molar-refractivity contribution in [1.29, 1.82) is 0 Å². The Balaban J connectivity index is 1.94. The zero-order valence-electron chi connectivity index (χ0n) is 11.2. The second kappa shape index (κ2) is 6.01. The molecule has 0 bridgehead atoms. The van der Waals surface area contributed by atoms with E-state index in [0.29, 0.717) is 6.04 Å². The Morgan fingerprint density at radius 2 is 2.11 bits per heavy atom. The average Bonchev–Trinajstić information content (AvgIpc) is 2.85. The molecule has 1 aliphatic rings. The molecule has 1 atom stereocenters. The highest BCUT2D eigenvalue weighted by Crippen LogP contribution is 2.24. The predicted octanol–water partition coefficient (Wildman–Crippen LogP) is 2.64. The van der Waals surface area contributed by atoms with Crippen LogP contribution in [0, 0.1) is 13.8 Å². The van der Waals surface area contributed by atoms with E-state index in [1.54, 1.807) is 0 Å². The second-order valence-electron chi connectivity index (χ2n) is 5.03. The molecule has 1 aromatic carbocycles. The number of benzene rings is 1. The van der Waals surface area contributed by atoms with Gasteiger partial charge in [0.25, 0.3) is 0 Å². The Kier molecular flexibility index (Phi) is 4.37. The summed E-state index contributed by atoms with van der Waals surface area (Å²) in [7, 11) is 0. The Hall–Kier alpha value is -1.35. The topological polar surface area (TPSA) is 38.3 Å². The quantitative estimate of drug-likeness (QED) is 0.813. The van der Waals surface area contributed by atoms with Crippen molar-refractivity contribution in [2.75, 3.05) is 13.2 Å². The molecule has 0 aliphatic carbocycles. The minimum absolute atomic E-state index is 0.611. The summed E-state index contributed by atoms with van der Waals surface area (Å²) in [6.07, 6.45) is 4.46. The van der Waals surface area contributed by atoms with Gasteiger partial charge in [-0.3, -0.25) is 4.79 Å². The fourth-order valence-electron chi connectivity index (χ4n) is 2.59. The van der Waals surface area contributed by atoms with Crippen molar-refractivity contribution in [2.45, 2.75) is 39.2 Å². The van der Waals surface area contributed by atoms with Gasteiger partial charge in [0.05, 0.1) is 6.61 Å². The first kappa shape index (κ1) is 13.1. The van der Waals surface area contributed by atoms with Gasteiger partial charge >= 0.3 is 0 Å². The molecular formula is C15H21NO2. The highest BCUT2D eigenvalue weighted by molar-refractivity contribution is 5.76. The lowest BCUT2D eigenvalue weighted by molar-refractivity contribution is 0.112. The number of aryl methyl sites for hydroxylation is 2. The van der Waals surface area contributed by atoms with Gasteiger partial charge in [0.15, 0.2) is 0 Å². The van der Waals surface area contributed by atoms with Crippen molar-refractivity contribution in [1.82, 2.24) is 5.32 Å². The van der Waals surface area contributed by atoms with E-state index in [9.17, 15) is 4.79 Å². The van der Waals surface area contributed by atoms with E-state index in [-0.39, 0.29) is 0 Å². The van der Waals surface area contributed by atoms with Crippen LogP contribution < -0.4 is 10.1 Å². The van der Waals surface area contributed by atoms with Crippen LogP contribution in [-0.4, -0.2) is 25.5 Å². The largest absolute Gasteiger partial charge is 0.493 e. The molecule has 1 aliphatic heterocycles. The molecule has 98 valence electrons. The van der Waals surface area contributed by atoms with Crippen LogP contribution in [0.15, 0.2) is 12.1 Å². The van der Waals surface area contributed by atoms with Crippen molar-refractivity contribution in [3.63, 3.8) is 0 Å². The number of ether oxygens (including phenoxy) is 1. The highest BCUT2D eigenvalue weighted by Gasteiger charge is 2.14. The van der Waals surface area contributed by atoms with Gasteiger partial charge in [-0.1, -0.05) is 0 Å². The van der Waals surface area contributed by atoms with Crippen molar-refractivity contribution in [3.8, 4) is 5.75 Å². The van der Waals surface area contributed by atoms with Crippen LogP contribution in [0.2, 0.25) is 0 Å². The molecule has 0 amide bonds. The lowest BCUT2D eigenvalue weighted by atomic mass is 10.1. The van der Waals surface area contributed by atoms with E-state index in [1.807, 2.05) is 26.0 Å². The summed E-state index contributed by atoms with van der Waals surface area (Å²) in [5.74, 6) is 0.929. The summed E-state index contributed by atoms with van der Waals surface area (Å²) in [5, 5.41) is 3.46. The molecule has 2 rings (SSSR count). The normalized spacial score (nSPS) is 18.9. The molecule has 0 saturated carbocycles. The minimum atomic E-state index is 0.611. The number of nitrogens with one attached hydrogen (secondary N) is 1. The molecule has 0 aromatic heterocycles. The summed E-state index contributed by atoms with van der Waals surface area (Å²) in [4.78, 5) is 10.8. The number of carbonyl (C=O) groups excluding carboxylic acids is 1. The first-order valence-corrected chi connectivity index (χ1v) is 6.63. The van der Waals surface area contributed by atoms with Crippen LogP contribution >= 0.6 is 0 Å². The smallest absolute Gasteiger partial charge is 0.150 e. The fraction of sp³-hybridized carbons (Fsp3) is 0.533. The van der Waals surface area contributed by atoms with Crippen LogP contribution in [0.4, 0.5) is 0 Å². The van der Waals surface area contributed by atoms with Crippen LogP contribution in [0.25, 0.3) is 0 Å². The van der Waals surface area contributed by atoms with Gasteiger partial charge in [0.1, 0.15) is 12.0 Å². The average molecular weight is 247 g/mol. The summed E-state index contributed by atoms with van der Waals surface area (Å²) in [5.41, 5.74) is 2.79. The number of aldehydes is 1. The van der Waals surface area contributed by atoms with Gasteiger partial charge < -0.3 is 10.1 Å². The molecule has 3 heteroatoms. The van der Waals surface area contributed by atoms with Crippen molar-refractivity contribution in [3.05, 3.63) is 28.8 Å². The second-order valence-corrected chi connectivity index (χ2v) is 5.03. The number of hydrogen-bond donors (Lipinski definition) is 1. The molecular weight excluding hydrogens is 226 g/mol. The Morgan fingerprint density at radius 3 is 2.67 bits per heavy atom. The van der Waals surface area contributed by atoms with E-state index in [1.165, 1.54) is 12.8 Å². The monoisotopic (exact) mass is 247 g/mol. The van der Waals surface area contributed by atoms with Crippen LogP contribution in [0.1, 0.15) is 40.7 Å². The zero-order valence-corrected chi connectivity index (χ0v) is 11.2. The molecule has 3 nitrogen and oxygen atoms in total. The number of hydrogen-bond acceptors (Lipinski definition) is 3. The van der Waals surface area contributed by atoms with Gasteiger partial charge in [-0.05, 0) is 62.9 Å². The Morgan fingerprint density at radius 1 is 1.39 bits per heavy atom. The Labute approximate surface area is 109 Å². The van der Waals surface area contributed by atoms with E-state index >= 15 is 0 Å². The third-order valence-electron chi connectivity index (χ3n) is 3.49. The maximum absolute atomic E-state index is 10.8. The first-order valence-electron chi connectivity index (χ1n) is 6.63.